The average molecular weight is 509 g/mol. The Morgan fingerprint density at radius 1 is 0.919 bits per heavy atom. The summed E-state index contributed by atoms with van der Waals surface area (Å²) in [7, 11) is 0. The number of hydrogen-bond acceptors (Lipinski definition) is 5. The van der Waals surface area contributed by atoms with Gasteiger partial charge in [0.15, 0.2) is 0 Å². The molecular formula is C31H25ClN2O3. The molecule has 0 aliphatic rings. The molecule has 1 heterocycles. The van der Waals surface area contributed by atoms with Gasteiger partial charge in [0, 0.05) is 34.0 Å². The van der Waals surface area contributed by atoms with Crippen molar-refractivity contribution < 1.29 is 9.15 Å². The summed E-state index contributed by atoms with van der Waals surface area (Å²) < 4.78 is 11.8. The van der Waals surface area contributed by atoms with Crippen LogP contribution < -0.4 is 15.8 Å². The normalized spacial score (nSPS) is 11.5. The summed E-state index contributed by atoms with van der Waals surface area (Å²) in [6, 6.07) is 32.6. The van der Waals surface area contributed by atoms with Crippen molar-refractivity contribution in [1.29, 1.82) is 0 Å². The molecule has 0 unspecified atom stereocenters. The van der Waals surface area contributed by atoms with Gasteiger partial charge in [-0.1, -0.05) is 72.3 Å². The minimum atomic E-state index is -0.329. The second kappa shape index (κ2) is 11.1. The molecule has 0 saturated carbocycles. The fraction of sp³-hybridized carbons (Fsp3) is 0.0968. The van der Waals surface area contributed by atoms with Crippen molar-refractivity contribution in [1.82, 2.24) is 0 Å². The largest absolute Gasteiger partial charge is 0.487 e. The third-order valence-corrected chi connectivity index (χ3v) is 6.38. The maximum atomic E-state index is 12.8. The quantitative estimate of drug-likeness (QED) is 0.136. The van der Waals surface area contributed by atoms with Gasteiger partial charge in [0.25, 0.3) is 0 Å². The minimum Gasteiger partial charge on any atom is -0.487 e. The second-order valence-electron chi connectivity index (χ2n) is 8.65. The zero-order valence-corrected chi connectivity index (χ0v) is 21.0. The van der Waals surface area contributed by atoms with Gasteiger partial charge in [0.2, 0.25) is 0 Å². The summed E-state index contributed by atoms with van der Waals surface area (Å²) in [5.74, 6) is 0.584. The molecule has 4 aromatic carbocycles. The topological polar surface area (TPSA) is 63.8 Å². The third-order valence-electron chi connectivity index (χ3n) is 6.13. The molecule has 0 fully saturated rings. The van der Waals surface area contributed by atoms with E-state index in [4.69, 9.17) is 20.8 Å². The molecule has 0 amide bonds. The van der Waals surface area contributed by atoms with E-state index in [0.717, 1.165) is 27.8 Å². The zero-order chi connectivity index (χ0) is 25.6. The van der Waals surface area contributed by atoms with Crippen LogP contribution in [0.3, 0.4) is 0 Å². The van der Waals surface area contributed by atoms with Gasteiger partial charge in [-0.2, -0.15) is 5.10 Å². The Kier molecular flexibility index (Phi) is 7.33. The summed E-state index contributed by atoms with van der Waals surface area (Å²) in [5.41, 5.74) is 8.34. The molecule has 6 heteroatoms. The summed E-state index contributed by atoms with van der Waals surface area (Å²) in [6.45, 7) is 2.17. The lowest BCUT2D eigenvalue weighted by molar-refractivity contribution is 0.376. The molecule has 0 bridgehead atoms. The van der Waals surface area contributed by atoms with Crippen LogP contribution in [0.25, 0.3) is 11.0 Å². The van der Waals surface area contributed by atoms with E-state index in [1.165, 1.54) is 0 Å². The van der Waals surface area contributed by atoms with Crippen molar-refractivity contribution in [3.63, 3.8) is 0 Å². The van der Waals surface area contributed by atoms with Gasteiger partial charge in [-0.3, -0.25) is 5.43 Å². The molecule has 5 rings (SSSR count). The Morgan fingerprint density at radius 2 is 1.62 bits per heavy atom. The third kappa shape index (κ3) is 5.90. The maximum absolute atomic E-state index is 12.8. The first-order valence-electron chi connectivity index (χ1n) is 11.9. The molecule has 0 aliphatic heterocycles. The number of halogens is 1. The number of hydrazone groups is 1. The Bertz CT molecular complexity index is 1600. The van der Waals surface area contributed by atoms with Crippen molar-refractivity contribution >= 4 is 34.0 Å². The first kappa shape index (κ1) is 24.3. The highest BCUT2D eigenvalue weighted by molar-refractivity contribution is 6.30. The van der Waals surface area contributed by atoms with Crippen molar-refractivity contribution in [2.45, 2.75) is 13.3 Å². The molecule has 0 aliphatic carbocycles. The Morgan fingerprint density at radius 3 is 2.35 bits per heavy atom. The number of fused-ring (bicyclic) bond motifs is 1. The molecule has 0 radical (unpaired) electrons. The van der Waals surface area contributed by atoms with Crippen molar-refractivity contribution in [3.05, 3.63) is 141 Å². The lowest BCUT2D eigenvalue weighted by atomic mass is 10.00. The van der Waals surface area contributed by atoms with E-state index in [1.54, 1.807) is 18.2 Å². The summed E-state index contributed by atoms with van der Waals surface area (Å²) in [5, 5.41) is 6.12. The number of rotatable bonds is 8. The van der Waals surface area contributed by atoms with E-state index < -0.39 is 0 Å². The first-order chi connectivity index (χ1) is 18.1. The predicted octanol–water partition coefficient (Wildman–Crippen LogP) is 7.24. The summed E-state index contributed by atoms with van der Waals surface area (Å²) >= 11 is 5.98. The van der Waals surface area contributed by atoms with Crippen LogP contribution in [0.2, 0.25) is 5.02 Å². The van der Waals surface area contributed by atoms with Crippen molar-refractivity contribution in [3.8, 4) is 5.75 Å². The molecule has 0 saturated heterocycles. The molecule has 5 nitrogen and oxygen atoms in total. The molecule has 1 N–H and O–H groups in total. The van der Waals surface area contributed by atoms with E-state index in [0.29, 0.717) is 34.1 Å². The number of aryl methyl sites for hydroxylation is 1. The van der Waals surface area contributed by atoms with Crippen LogP contribution in [0.15, 0.2) is 117 Å². The SMILES string of the molecule is Cc1c(Cc2ccccc2)c(=O)oc2cc(OC/C(=N\Nc3ccc(Cl)cc3)c3ccccc3)ccc12. The number of anilines is 1. The highest BCUT2D eigenvalue weighted by Gasteiger charge is 2.13. The zero-order valence-electron chi connectivity index (χ0n) is 20.3. The minimum absolute atomic E-state index is 0.214. The number of nitrogens with zero attached hydrogens (tertiary/aromatic N) is 1. The number of ether oxygens (including phenoxy) is 1. The molecule has 1 aromatic heterocycles. The van der Waals surface area contributed by atoms with Crippen LogP contribution in [0.1, 0.15) is 22.3 Å². The molecule has 37 heavy (non-hydrogen) atoms. The molecule has 184 valence electrons. The smallest absolute Gasteiger partial charge is 0.340 e. The Hall–Kier alpha value is -4.35. The van der Waals surface area contributed by atoms with Gasteiger partial charge in [-0.05, 0) is 54.4 Å². The van der Waals surface area contributed by atoms with Crippen LogP contribution in [-0.4, -0.2) is 12.3 Å². The fourth-order valence-corrected chi connectivity index (χ4v) is 4.21. The summed E-state index contributed by atoms with van der Waals surface area (Å²) in [6.07, 6.45) is 0.528. The van der Waals surface area contributed by atoms with E-state index in [2.05, 4.69) is 10.5 Å². The molecule has 5 aromatic rings. The van der Waals surface area contributed by atoms with Crippen LogP contribution in [0.5, 0.6) is 5.75 Å². The highest BCUT2D eigenvalue weighted by atomic mass is 35.5. The van der Waals surface area contributed by atoms with Gasteiger partial charge < -0.3 is 9.15 Å². The van der Waals surface area contributed by atoms with E-state index in [9.17, 15) is 4.79 Å². The average Bonchev–Trinajstić information content (AvgIpc) is 2.93. The van der Waals surface area contributed by atoms with Crippen LogP contribution in [0, 0.1) is 6.92 Å². The van der Waals surface area contributed by atoms with E-state index in [1.807, 2.05) is 91.9 Å². The van der Waals surface area contributed by atoms with Crippen LogP contribution >= 0.6 is 11.6 Å². The van der Waals surface area contributed by atoms with Crippen molar-refractivity contribution in [2.24, 2.45) is 5.10 Å². The van der Waals surface area contributed by atoms with Gasteiger partial charge in [0.05, 0.1) is 5.69 Å². The standard InChI is InChI=1S/C31H25ClN2O3/c1-21-27-17-16-26(19-30(27)37-31(35)28(21)18-22-8-4-2-5-9-22)36-20-29(23-10-6-3-7-11-23)34-33-25-14-12-24(32)13-15-25/h2-17,19,33H,18,20H2,1H3/b34-29+. The summed E-state index contributed by atoms with van der Waals surface area (Å²) in [4.78, 5) is 12.8. The van der Waals surface area contributed by atoms with Gasteiger partial charge >= 0.3 is 5.63 Å². The lowest BCUT2D eigenvalue weighted by Gasteiger charge is -2.12. The molecular weight excluding hydrogens is 484 g/mol. The van der Waals surface area contributed by atoms with Gasteiger partial charge in [-0.15, -0.1) is 0 Å². The number of hydrogen-bond donors (Lipinski definition) is 1. The second-order valence-corrected chi connectivity index (χ2v) is 9.08. The Balaban J connectivity index is 1.38. The van der Waals surface area contributed by atoms with Gasteiger partial charge in [0.1, 0.15) is 23.7 Å². The van der Waals surface area contributed by atoms with Crippen molar-refractivity contribution in [2.75, 3.05) is 12.0 Å². The highest BCUT2D eigenvalue weighted by Crippen LogP contribution is 2.25. The lowest BCUT2D eigenvalue weighted by Crippen LogP contribution is -2.15. The van der Waals surface area contributed by atoms with Crippen LogP contribution in [-0.2, 0) is 6.42 Å². The first-order valence-corrected chi connectivity index (χ1v) is 12.3. The van der Waals surface area contributed by atoms with E-state index in [-0.39, 0.29) is 12.2 Å². The molecule has 0 spiro atoms. The Labute approximate surface area is 220 Å². The number of benzene rings is 4. The van der Waals surface area contributed by atoms with Gasteiger partial charge in [-0.25, -0.2) is 4.79 Å². The predicted molar refractivity (Wildman–Crippen MR) is 150 cm³/mol. The fourth-order valence-electron chi connectivity index (χ4n) is 4.09. The number of nitrogens with one attached hydrogen (secondary N) is 1. The molecule has 0 atom stereocenters. The van der Waals surface area contributed by atoms with Crippen LogP contribution in [0.4, 0.5) is 5.69 Å². The monoisotopic (exact) mass is 508 g/mol. The maximum Gasteiger partial charge on any atom is 0.340 e. The van der Waals surface area contributed by atoms with E-state index >= 15 is 0 Å².